The van der Waals surface area contributed by atoms with Gasteiger partial charge < -0.3 is 10.2 Å². The summed E-state index contributed by atoms with van der Waals surface area (Å²) < 4.78 is 5.73. The molecular weight excluding hydrogens is 252 g/mol. The van der Waals surface area contributed by atoms with E-state index >= 15 is 0 Å². The van der Waals surface area contributed by atoms with Gasteiger partial charge in [-0.05, 0) is 31.5 Å². The molecule has 0 aliphatic heterocycles. The Morgan fingerprint density at radius 2 is 2.06 bits per heavy atom. The van der Waals surface area contributed by atoms with Gasteiger partial charge in [-0.25, -0.2) is 15.8 Å². The third kappa shape index (κ3) is 2.52. The highest BCUT2D eigenvalue weighted by atomic mass is 35.5. The van der Waals surface area contributed by atoms with Gasteiger partial charge in [0.1, 0.15) is 17.9 Å². The van der Waals surface area contributed by atoms with E-state index in [2.05, 4.69) is 15.4 Å². The van der Waals surface area contributed by atoms with Crippen LogP contribution < -0.4 is 16.0 Å². The molecule has 1 aromatic carbocycles. The molecule has 0 atom stereocenters. The summed E-state index contributed by atoms with van der Waals surface area (Å²) in [6.07, 6.45) is 1.39. The summed E-state index contributed by atoms with van der Waals surface area (Å²) in [5, 5.41) is 0.611. The summed E-state index contributed by atoms with van der Waals surface area (Å²) in [5.74, 6) is 6.98. The highest BCUT2D eigenvalue weighted by Gasteiger charge is 2.10. The molecule has 5 nitrogen and oxygen atoms in total. The quantitative estimate of drug-likeness (QED) is 0.659. The Bertz CT molecular complexity index is 574. The molecule has 0 bridgehead atoms. The van der Waals surface area contributed by atoms with E-state index in [-0.39, 0.29) is 0 Å². The number of hydrogen-bond donors (Lipinski definition) is 2. The van der Waals surface area contributed by atoms with Gasteiger partial charge in [0.05, 0.1) is 5.56 Å². The average Bonchev–Trinajstić information content (AvgIpc) is 2.36. The van der Waals surface area contributed by atoms with E-state index in [4.69, 9.17) is 22.2 Å². The highest BCUT2D eigenvalue weighted by molar-refractivity contribution is 6.30. The minimum Gasteiger partial charge on any atom is -0.438 e. The molecule has 0 radical (unpaired) electrons. The molecule has 1 heterocycles. The van der Waals surface area contributed by atoms with Crippen molar-refractivity contribution in [1.82, 2.24) is 9.97 Å². The normalized spacial score (nSPS) is 10.2. The predicted octanol–water partition coefficient (Wildman–Crippen LogP) is 2.82. The Labute approximate surface area is 110 Å². The SMILES string of the molecule is Cc1ccc(Cl)cc1Oc1ncnc(NN)c1C. The fraction of sp³-hybridized carbons (Fsp3) is 0.167. The fourth-order valence-corrected chi connectivity index (χ4v) is 1.63. The minimum atomic E-state index is 0.448. The van der Waals surface area contributed by atoms with Gasteiger partial charge in [-0.2, -0.15) is 0 Å². The van der Waals surface area contributed by atoms with Gasteiger partial charge in [0.15, 0.2) is 0 Å². The number of anilines is 1. The van der Waals surface area contributed by atoms with E-state index in [1.807, 2.05) is 26.0 Å². The topological polar surface area (TPSA) is 73.1 Å². The predicted molar refractivity (Wildman–Crippen MR) is 70.8 cm³/mol. The van der Waals surface area contributed by atoms with E-state index in [1.165, 1.54) is 6.33 Å². The number of hydrazine groups is 1. The first-order valence-electron chi connectivity index (χ1n) is 5.34. The molecule has 18 heavy (non-hydrogen) atoms. The van der Waals surface area contributed by atoms with Crippen LogP contribution in [0.5, 0.6) is 11.6 Å². The number of benzene rings is 1. The molecule has 1 aromatic heterocycles. The maximum atomic E-state index is 5.94. The number of ether oxygens (including phenoxy) is 1. The van der Waals surface area contributed by atoms with E-state index in [1.54, 1.807) is 6.07 Å². The van der Waals surface area contributed by atoms with Crippen molar-refractivity contribution in [2.45, 2.75) is 13.8 Å². The molecular formula is C12H13ClN4O. The van der Waals surface area contributed by atoms with Gasteiger partial charge in [-0.1, -0.05) is 17.7 Å². The summed E-state index contributed by atoms with van der Waals surface area (Å²) in [6, 6.07) is 5.44. The summed E-state index contributed by atoms with van der Waals surface area (Å²) >= 11 is 5.94. The zero-order valence-electron chi connectivity index (χ0n) is 10.1. The van der Waals surface area contributed by atoms with Crippen LogP contribution in [-0.4, -0.2) is 9.97 Å². The molecule has 2 rings (SSSR count). The van der Waals surface area contributed by atoms with Gasteiger partial charge in [-0.3, -0.25) is 0 Å². The van der Waals surface area contributed by atoms with Crippen LogP contribution in [0.2, 0.25) is 5.02 Å². The lowest BCUT2D eigenvalue weighted by Gasteiger charge is -2.11. The molecule has 0 fully saturated rings. The van der Waals surface area contributed by atoms with Crippen molar-refractivity contribution in [3.63, 3.8) is 0 Å². The smallest absolute Gasteiger partial charge is 0.227 e. The number of nitrogen functional groups attached to an aromatic ring is 1. The molecule has 0 aliphatic rings. The van der Waals surface area contributed by atoms with Crippen molar-refractivity contribution in [2.75, 3.05) is 5.43 Å². The van der Waals surface area contributed by atoms with Crippen LogP contribution in [0.1, 0.15) is 11.1 Å². The van der Waals surface area contributed by atoms with Gasteiger partial charge in [0.2, 0.25) is 5.88 Å². The molecule has 0 amide bonds. The van der Waals surface area contributed by atoms with Crippen LogP contribution in [-0.2, 0) is 0 Å². The highest BCUT2D eigenvalue weighted by Crippen LogP contribution is 2.29. The molecule has 0 spiro atoms. The van der Waals surface area contributed by atoms with E-state index in [9.17, 15) is 0 Å². The van der Waals surface area contributed by atoms with Crippen LogP contribution in [0.15, 0.2) is 24.5 Å². The van der Waals surface area contributed by atoms with E-state index in [0.29, 0.717) is 22.5 Å². The van der Waals surface area contributed by atoms with Crippen molar-refractivity contribution in [2.24, 2.45) is 5.84 Å². The first-order chi connectivity index (χ1) is 8.61. The third-order valence-electron chi connectivity index (χ3n) is 2.53. The van der Waals surface area contributed by atoms with Crippen molar-refractivity contribution in [1.29, 1.82) is 0 Å². The summed E-state index contributed by atoms with van der Waals surface area (Å²) in [6.45, 7) is 3.76. The first-order valence-corrected chi connectivity index (χ1v) is 5.72. The van der Waals surface area contributed by atoms with Crippen LogP contribution in [0.3, 0.4) is 0 Å². The number of aryl methyl sites for hydroxylation is 1. The van der Waals surface area contributed by atoms with Gasteiger partial charge in [-0.15, -0.1) is 0 Å². The number of nitrogens with zero attached hydrogens (tertiary/aromatic N) is 2. The maximum Gasteiger partial charge on any atom is 0.227 e. The minimum absolute atomic E-state index is 0.448. The number of rotatable bonds is 3. The molecule has 94 valence electrons. The second-order valence-corrected chi connectivity index (χ2v) is 4.25. The van der Waals surface area contributed by atoms with Gasteiger partial charge in [0.25, 0.3) is 0 Å². The Morgan fingerprint density at radius 3 is 2.78 bits per heavy atom. The fourth-order valence-electron chi connectivity index (χ4n) is 1.47. The van der Waals surface area contributed by atoms with Crippen LogP contribution in [0.4, 0.5) is 5.82 Å². The number of aromatic nitrogens is 2. The maximum absolute atomic E-state index is 5.94. The van der Waals surface area contributed by atoms with Crippen molar-refractivity contribution >= 4 is 17.4 Å². The second-order valence-electron chi connectivity index (χ2n) is 3.81. The van der Waals surface area contributed by atoms with E-state index < -0.39 is 0 Å². The Balaban J connectivity index is 2.37. The molecule has 3 N–H and O–H groups in total. The number of halogens is 1. The number of nitrogens with two attached hydrogens (primary N) is 1. The van der Waals surface area contributed by atoms with Gasteiger partial charge in [0, 0.05) is 5.02 Å². The van der Waals surface area contributed by atoms with Crippen molar-refractivity contribution in [3.05, 3.63) is 40.7 Å². The van der Waals surface area contributed by atoms with Crippen LogP contribution in [0.25, 0.3) is 0 Å². The number of nitrogens with one attached hydrogen (secondary N) is 1. The zero-order valence-corrected chi connectivity index (χ0v) is 10.8. The van der Waals surface area contributed by atoms with Crippen LogP contribution >= 0.6 is 11.6 Å². The Morgan fingerprint density at radius 1 is 1.28 bits per heavy atom. The summed E-state index contributed by atoms with van der Waals surface area (Å²) in [5.41, 5.74) is 4.20. The molecule has 2 aromatic rings. The lowest BCUT2D eigenvalue weighted by Crippen LogP contribution is -2.11. The summed E-state index contributed by atoms with van der Waals surface area (Å²) in [7, 11) is 0. The average molecular weight is 265 g/mol. The third-order valence-corrected chi connectivity index (χ3v) is 2.77. The monoisotopic (exact) mass is 264 g/mol. The number of hydrogen-bond acceptors (Lipinski definition) is 5. The first kappa shape index (κ1) is 12.6. The molecule has 0 unspecified atom stereocenters. The second kappa shape index (κ2) is 5.20. The standard InChI is InChI=1S/C12H13ClN4O/c1-7-3-4-9(13)5-10(7)18-12-8(2)11(17-14)15-6-16-12/h3-6H,14H2,1-2H3,(H,15,16,17). The molecule has 6 heteroatoms. The van der Waals surface area contributed by atoms with Crippen molar-refractivity contribution in [3.8, 4) is 11.6 Å². The molecule has 0 saturated carbocycles. The van der Waals surface area contributed by atoms with Crippen LogP contribution in [0, 0.1) is 13.8 Å². The van der Waals surface area contributed by atoms with Crippen molar-refractivity contribution < 1.29 is 4.74 Å². The zero-order chi connectivity index (χ0) is 13.1. The largest absolute Gasteiger partial charge is 0.438 e. The molecule has 0 saturated heterocycles. The van der Waals surface area contributed by atoms with Gasteiger partial charge >= 0.3 is 0 Å². The van der Waals surface area contributed by atoms with E-state index in [0.717, 1.165) is 11.1 Å². The lowest BCUT2D eigenvalue weighted by molar-refractivity contribution is 0.454. The molecule has 0 aliphatic carbocycles. The summed E-state index contributed by atoms with van der Waals surface area (Å²) in [4.78, 5) is 8.07. The Kier molecular flexibility index (Phi) is 3.64. The Hall–Kier alpha value is -1.85. The lowest BCUT2D eigenvalue weighted by atomic mass is 10.2.